The lowest BCUT2D eigenvalue weighted by Crippen LogP contribution is -2.45. The summed E-state index contributed by atoms with van der Waals surface area (Å²) < 4.78 is 5.58. The first kappa shape index (κ1) is 19.6. The Hall–Kier alpha value is -3.12. The number of para-hydroxylation sites is 2. The number of hydrogen-bond donors (Lipinski definition) is 2. The largest absolute Gasteiger partial charge is 0.492 e. The highest BCUT2D eigenvalue weighted by molar-refractivity contribution is 7.12. The van der Waals surface area contributed by atoms with Gasteiger partial charge in [0.25, 0.3) is 5.91 Å². The molecule has 0 saturated carbocycles. The molecule has 0 bridgehead atoms. The van der Waals surface area contributed by atoms with Gasteiger partial charge in [-0.2, -0.15) is 0 Å². The first-order valence-electron chi connectivity index (χ1n) is 9.08. The molecule has 28 heavy (non-hydrogen) atoms. The molecule has 144 valence electrons. The van der Waals surface area contributed by atoms with Gasteiger partial charge in [0.2, 0.25) is 5.91 Å². The Kier molecular flexibility index (Phi) is 6.81. The molecule has 1 aromatic heterocycles. The van der Waals surface area contributed by atoms with Crippen molar-refractivity contribution in [2.45, 2.75) is 19.4 Å². The molecule has 0 saturated heterocycles. The summed E-state index contributed by atoms with van der Waals surface area (Å²) >= 11 is 1.34. The highest BCUT2D eigenvalue weighted by Crippen LogP contribution is 2.24. The number of benzene rings is 2. The Morgan fingerprint density at radius 1 is 1.00 bits per heavy atom. The van der Waals surface area contributed by atoms with Crippen molar-refractivity contribution in [2.75, 3.05) is 11.9 Å². The second-order valence-corrected chi connectivity index (χ2v) is 7.06. The van der Waals surface area contributed by atoms with Gasteiger partial charge < -0.3 is 15.4 Å². The van der Waals surface area contributed by atoms with Gasteiger partial charge in [-0.15, -0.1) is 11.3 Å². The monoisotopic (exact) mass is 394 g/mol. The quantitative estimate of drug-likeness (QED) is 0.604. The number of rotatable bonds is 8. The highest BCUT2D eigenvalue weighted by Gasteiger charge is 2.23. The van der Waals surface area contributed by atoms with Crippen LogP contribution in [0, 0.1) is 0 Å². The van der Waals surface area contributed by atoms with E-state index in [1.165, 1.54) is 11.3 Å². The summed E-state index contributed by atoms with van der Waals surface area (Å²) in [6, 6.07) is 19.7. The summed E-state index contributed by atoms with van der Waals surface area (Å²) in [5.41, 5.74) is 1.55. The molecule has 2 N–H and O–H groups in total. The van der Waals surface area contributed by atoms with E-state index in [1.807, 2.05) is 60.8 Å². The molecule has 0 radical (unpaired) electrons. The SMILES string of the molecule is CCOc1ccccc1NC(=O)[C@H](Cc1ccccc1)NC(=O)c1cccs1. The summed E-state index contributed by atoms with van der Waals surface area (Å²) in [7, 11) is 0. The molecular weight excluding hydrogens is 372 g/mol. The van der Waals surface area contributed by atoms with Crippen molar-refractivity contribution in [2.24, 2.45) is 0 Å². The highest BCUT2D eigenvalue weighted by atomic mass is 32.1. The van der Waals surface area contributed by atoms with E-state index >= 15 is 0 Å². The second kappa shape index (κ2) is 9.71. The maximum Gasteiger partial charge on any atom is 0.262 e. The first-order chi connectivity index (χ1) is 13.7. The Bertz CT molecular complexity index is 911. The van der Waals surface area contributed by atoms with Crippen molar-refractivity contribution in [3.05, 3.63) is 82.6 Å². The van der Waals surface area contributed by atoms with Gasteiger partial charge in [0.05, 0.1) is 17.2 Å². The normalized spacial score (nSPS) is 11.5. The molecule has 0 aliphatic carbocycles. The van der Waals surface area contributed by atoms with Crippen LogP contribution in [-0.2, 0) is 11.2 Å². The van der Waals surface area contributed by atoms with Gasteiger partial charge in [-0.25, -0.2) is 0 Å². The summed E-state index contributed by atoms with van der Waals surface area (Å²) in [4.78, 5) is 26.1. The number of ether oxygens (including phenoxy) is 1. The topological polar surface area (TPSA) is 67.4 Å². The van der Waals surface area contributed by atoms with E-state index in [2.05, 4.69) is 10.6 Å². The van der Waals surface area contributed by atoms with Crippen molar-refractivity contribution >= 4 is 28.8 Å². The molecule has 0 fully saturated rings. The van der Waals surface area contributed by atoms with Gasteiger partial charge in [0.15, 0.2) is 0 Å². The fraction of sp³-hybridized carbons (Fsp3) is 0.182. The molecule has 0 aliphatic heterocycles. The Morgan fingerprint density at radius 2 is 1.75 bits per heavy atom. The smallest absolute Gasteiger partial charge is 0.262 e. The van der Waals surface area contributed by atoms with Crippen molar-refractivity contribution in [3.8, 4) is 5.75 Å². The van der Waals surface area contributed by atoms with Gasteiger partial charge >= 0.3 is 0 Å². The molecule has 1 atom stereocenters. The van der Waals surface area contributed by atoms with Crippen molar-refractivity contribution in [1.29, 1.82) is 0 Å². The Balaban J connectivity index is 1.79. The van der Waals surface area contributed by atoms with Crippen LogP contribution >= 0.6 is 11.3 Å². The molecule has 3 rings (SSSR count). The predicted molar refractivity (Wildman–Crippen MR) is 112 cm³/mol. The van der Waals surface area contributed by atoms with E-state index in [0.29, 0.717) is 29.3 Å². The fourth-order valence-electron chi connectivity index (χ4n) is 2.77. The van der Waals surface area contributed by atoms with Crippen LogP contribution in [0.2, 0.25) is 0 Å². The van der Waals surface area contributed by atoms with Crippen LogP contribution in [0.1, 0.15) is 22.2 Å². The minimum Gasteiger partial charge on any atom is -0.492 e. The third-order valence-electron chi connectivity index (χ3n) is 4.09. The fourth-order valence-corrected chi connectivity index (χ4v) is 3.39. The van der Waals surface area contributed by atoms with Gasteiger partial charge in [-0.1, -0.05) is 48.5 Å². The number of amides is 2. The van der Waals surface area contributed by atoms with Crippen LogP contribution in [0.4, 0.5) is 5.69 Å². The van der Waals surface area contributed by atoms with E-state index < -0.39 is 6.04 Å². The van der Waals surface area contributed by atoms with Crippen LogP contribution < -0.4 is 15.4 Å². The van der Waals surface area contributed by atoms with Crippen LogP contribution in [0.15, 0.2) is 72.1 Å². The average molecular weight is 394 g/mol. The maximum atomic E-state index is 13.0. The van der Waals surface area contributed by atoms with E-state index in [1.54, 1.807) is 18.2 Å². The second-order valence-electron chi connectivity index (χ2n) is 6.11. The van der Waals surface area contributed by atoms with Gasteiger partial charge in [0.1, 0.15) is 11.8 Å². The Morgan fingerprint density at radius 3 is 2.46 bits per heavy atom. The number of carbonyl (C=O) groups is 2. The minimum absolute atomic E-state index is 0.260. The van der Waals surface area contributed by atoms with E-state index in [9.17, 15) is 9.59 Å². The van der Waals surface area contributed by atoms with Crippen molar-refractivity contribution < 1.29 is 14.3 Å². The van der Waals surface area contributed by atoms with Crippen LogP contribution in [0.5, 0.6) is 5.75 Å². The summed E-state index contributed by atoms with van der Waals surface area (Å²) in [6.07, 6.45) is 0.389. The molecule has 0 aliphatic rings. The first-order valence-corrected chi connectivity index (χ1v) is 9.96. The lowest BCUT2D eigenvalue weighted by Gasteiger charge is -2.19. The lowest BCUT2D eigenvalue weighted by molar-refractivity contribution is -0.118. The van der Waals surface area contributed by atoms with Crippen LogP contribution in [0.25, 0.3) is 0 Å². The third kappa shape index (κ3) is 5.20. The lowest BCUT2D eigenvalue weighted by atomic mass is 10.0. The van der Waals surface area contributed by atoms with Gasteiger partial charge in [0, 0.05) is 6.42 Å². The number of thiophene rings is 1. The number of nitrogens with one attached hydrogen (secondary N) is 2. The Labute approximate surface area is 168 Å². The number of hydrogen-bond acceptors (Lipinski definition) is 4. The predicted octanol–water partition coefficient (Wildman–Crippen LogP) is 4.13. The maximum absolute atomic E-state index is 13.0. The molecule has 5 nitrogen and oxygen atoms in total. The molecule has 3 aromatic rings. The van der Waals surface area contributed by atoms with Crippen LogP contribution in [0.3, 0.4) is 0 Å². The molecule has 2 aromatic carbocycles. The molecule has 6 heteroatoms. The standard InChI is InChI=1S/C22H22N2O3S/c1-2-27-19-12-7-6-11-17(19)23-21(25)18(15-16-9-4-3-5-10-16)24-22(26)20-13-8-14-28-20/h3-14,18H,2,15H2,1H3,(H,23,25)(H,24,26)/t18-/m0/s1. The zero-order valence-corrected chi connectivity index (χ0v) is 16.4. The molecule has 1 heterocycles. The van der Waals surface area contributed by atoms with Crippen LogP contribution in [-0.4, -0.2) is 24.5 Å². The number of carbonyl (C=O) groups excluding carboxylic acids is 2. The molecular formula is C22H22N2O3S. The molecule has 0 spiro atoms. The van der Waals surface area contributed by atoms with E-state index in [-0.39, 0.29) is 11.8 Å². The zero-order chi connectivity index (χ0) is 19.8. The average Bonchev–Trinajstić information content (AvgIpc) is 3.25. The minimum atomic E-state index is -0.716. The zero-order valence-electron chi connectivity index (χ0n) is 15.6. The van der Waals surface area contributed by atoms with Gasteiger partial charge in [-0.05, 0) is 36.1 Å². The summed E-state index contributed by atoms with van der Waals surface area (Å²) in [6.45, 7) is 2.38. The van der Waals surface area contributed by atoms with Gasteiger partial charge in [-0.3, -0.25) is 9.59 Å². The summed E-state index contributed by atoms with van der Waals surface area (Å²) in [5, 5.41) is 7.58. The van der Waals surface area contributed by atoms with E-state index in [4.69, 9.17) is 4.74 Å². The third-order valence-corrected chi connectivity index (χ3v) is 4.96. The molecule has 2 amide bonds. The number of anilines is 1. The van der Waals surface area contributed by atoms with E-state index in [0.717, 1.165) is 5.56 Å². The van der Waals surface area contributed by atoms with Crippen molar-refractivity contribution in [3.63, 3.8) is 0 Å². The van der Waals surface area contributed by atoms with Crippen molar-refractivity contribution in [1.82, 2.24) is 5.32 Å². The molecule has 0 unspecified atom stereocenters. The summed E-state index contributed by atoms with van der Waals surface area (Å²) in [5.74, 6) is 0.0477.